The first-order valence-electron chi connectivity index (χ1n) is 7.14. The van der Waals surface area contributed by atoms with Gasteiger partial charge in [-0.1, -0.05) is 13.8 Å². The third-order valence-electron chi connectivity index (χ3n) is 3.90. The molecule has 0 atom stereocenters. The Morgan fingerprint density at radius 3 is 1.74 bits per heavy atom. The minimum absolute atomic E-state index is 1.19. The van der Waals surface area contributed by atoms with E-state index in [0.717, 1.165) is 0 Å². The summed E-state index contributed by atoms with van der Waals surface area (Å²) in [5.41, 5.74) is 0. The number of nitrogens with zero attached hydrogens (tertiary/aromatic N) is 5. The highest BCUT2D eigenvalue weighted by Crippen LogP contribution is 2.05. The molecule has 5 heteroatoms. The fourth-order valence-electron chi connectivity index (χ4n) is 2.06. The van der Waals surface area contributed by atoms with E-state index in [2.05, 4.69) is 44.5 Å². The van der Waals surface area contributed by atoms with E-state index >= 15 is 0 Å². The quantitative estimate of drug-likeness (QED) is 0.385. The molecular weight excluding hydrogens is 238 g/mol. The predicted octanol–water partition coefficient (Wildman–Crippen LogP) is 2.42. The molecule has 19 heavy (non-hydrogen) atoms. The minimum atomic E-state index is 1.19. The molecule has 0 amide bonds. The molecule has 0 aliphatic carbocycles. The molecule has 0 rings (SSSR count). The second kappa shape index (κ2) is 13.2. The molecule has 0 heterocycles. The van der Waals surface area contributed by atoms with Crippen molar-refractivity contribution in [1.29, 1.82) is 5.26 Å². The van der Waals surface area contributed by atoms with E-state index in [4.69, 9.17) is 10.7 Å². The van der Waals surface area contributed by atoms with Crippen molar-refractivity contribution in [2.45, 2.75) is 34.6 Å². The Labute approximate surface area is 118 Å². The highest BCUT2D eigenvalue weighted by Gasteiger charge is 2.20. The lowest BCUT2D eigenvalue weighted by Crippen LogP contribution is -2.51. The lowest BCUT2D eigenvalue weighted by molar-refractivity contribution is -0.922. The average Bonchev–Trinajstić information content (AvgIpc) is 2.46. The summed E-state index contributed by atoms with van der Waals surface area (Å²) in [5.74, 6) is 0. The van der Waals surface area contributed by atoms with Crippen LogP contribution in [-0.2, 0) is 0 Å². The summed E-state index contributed by atoms with van der Waals surface area (Å²) in [6.07, 6.45) is 1.28. The van der Waals surface area contributed by atoms with Gasteiger partial charge in [0.1, 0.15) is 0 Å². The van der Waals surface area contributed by atoms with Gasteiger partial charge in [0.2, 0.25) is 0 Å². The highest BCUT2D eigenvalue weighted by molar-refractivity contribution is 5.46. The van der Waals surface area contributed by atoms with Crippen LogP contribution in [0.25, 0.3) is 5.41 Å². The van der Waals surface area contributed by atoms with Gasteiger partial charge in [0.05, 0.1) is 32.4 Å². The molecule has 0 aromatic heterocycles. The van der Waals surface area contributed by atoms with Crippen molar-refractivity contribution in [2.24, 2.45) is 4.99 Å². The number of quaternary nitrogens is 1. The smallest absolute Gasteiger partial charge is 0.0925 e. The van der Waals surface area contributed by atoms with Gasteiger partial charge < -0.3 is 14.9 Å². The van der Waals surface area contributed by atoms with Gasteiger partial charge in [-0.15, -0.1) is 6.01 Å². The third kappa shape index (κ3) is 9.38. The third-order valence-corrected chi connectivity index (χ3v) is 3.90. The Hall–Kier alpha value is -1.21. The summed E-state index contributed by atoms with van der Waals surface area (Å²) in [7, 11) is 0. The predicted molar refractivity (Wildman–Crippen MR) is 80.9 cm³/mol. The van der Waals surface area contributed by atoms with Crippen LogP contribution in [0.2, 0.25) is 0 Å². The zero-order chi connectivity index (χ0) is 15.1. The summed E-state index contributed by atoms with van der Waals surface area (Å²) >= 11 is 0. The summed E-state index contributed by atoms with van der Waals surface area (Å²) in [6.45, 7) is 20.2. The Bertz CT molecular complexity index is 272. The maximum absolute atomic E-state index is 7.43. The molecule has 0 spiro atoms. The molecule has 0 unspecified atom stereocenters. The van der Waals surface area contributed by atoms with E-state index in [1.165, 1.54) is 62.5 Å². The monoisotopic (exact) mass is 267 g/mol. The molecule has 0 aromatic rings. The number of nitriles is 1. The van der Waals surface area contributed by atoms with Gasteiger partial charge in [0, 0.05) is 6.54 Å². The molecule has 0 N–H and O–H groups in total. The normalized spacial score (nSPS) is 10.2. The Kier molecular flexibility index (Phi) is 14.0. The van der Waals surface area contributed by atoms with Crippen LogP contribution in [-0.4, -0.2) is 61.2 Å². The SMILES string of the molecule is CCN(CC)CC[N+](CC)(CC)CC.N#CN=C=[N-]. The molecule has 0 saturated heterocycles. The van der Waals surface area contributed by atoms with Gasteiger partial charge in [0.15, 0.2) is 0 Å². The summed E-state index contributed by atoms with van der Waals surface area (Å²) < 4.78 is 1.27. The van der Waals surface area contributed by atoms with Crippen LogP contribution in [0.1, 0.15) is 34.6 Å². The molecule has 0 aliphatic heterocycles. The van der Waals surface area contributed by atoms with Crippen molar-refractivity contribution in [3.8, 4) is 6.19 Å². The molecule has 0 aromatic carbocycles. The summed E-state index contributed by atoms with van der Waals surface area (Å²) in [4.78, 5) is 5.11. The van der Waals surface area contributed by atoms with Gasteiger partial charge >= 0.3 is 0 Å². The van der Waals surface area contributed by atoms with Crippen LogP contribution in [0.4, 0.5) is 0 Å². The Morgan fingerprint density at radius 1 is 1.05 bits per heavy atom. The summed E-state index contributed by atoms with van der Waals surface area (Å²) in [5, 5.41) is 14.9. The fourth-order valence-corrected chi connectivity index (χ4v) is 2.06. The lowest BCUT2D eigenvalue weighted by atomic mass is 10.3. The van der Waals surface area contributed by atoms with Gasteiger partial charge in [-0.05, 0) is 33.9 Å². The maximum atomic E-state index is 7.43. The zero-order valence-electron chi connectivity index (χ0n) is 13.2. The first kappa shape index (κ1) is 20.1. The zero-order valence-corrected chi connectivity index (χ0v) is 13.2. The Balaban J connectivity index is 0. The van der Waals surface area contributed by atoms with Crippen molar-refractivity contribution in [3.63, 3.8) is 0 Å². The molecule has 0 saturated carbocycles. The van der Waals surface area contributed by atoms with Crippen LogP contribution in [0.3, 0.4) is 0 Å². The van der Waals surface area contributed by atoms with Gasteiger partial charge in [0.25, 0.3) is 0 Å². The van der Waals surface area contributed by atoms with Crippen molar-refractivity contribution in [1.82, 2.24) is 4.90 Å². The maximum Gasteiger partial charge on any atom is 0.0925 e. The first-order valence-corrected chi connectivity index (χ1v) is 7.14. The van der Waals surface area contributed by atoms with E-state index in [1.54, 1.807) is 0 Å². The van der Waals surface area contributed by atoms with Gasteiger partial charge in [-0.25, -0.2) is 0 Å². The largest absolute Gasteiger partial charge is 0.422 e. The van der Waals surface area contributed by atoms with E-state index in [1.807, 2.05) is 0 Å². The number of hydrogen-bond acceptors (Lipinski definition) is 3. The molecule has 5 nitrogen and oxygen atoms in total. The second-order valence-electron chi connectivity index (χ2n) is 4.35. The van der Waals surface area contributed by atoms with E-state index in [-0.39, 0.29) is 0 Å². The average molecular weight is 267 g/mol. The van der Waals surface area contributed by atoms with Crippen LogP contribution in [0, 0.1) is 11.5 Å². The van der Waals surface area contributed by atoms with E-state index < -0.39 is 0 Å². The second-order valence-corrected chi connectivity index (χ2v) is 4.35. The first-order chi connectivity index (χ1) is 9.09. The minimum Gasteiger partial charge on any atom is -0.422 e. The molecule has 0 radical (unpaired) electrons. The number of hydrogen-bond donors (Lipinski definition) is 0. The van der Waals surface area contributed by atoms with Crippen LogP contribution in [0.5, 0.6) is 0 Å². The van der Waals surface area contributed by atoms with Gasteiger partial charge in [-0.3, -0.25) is 4.90 Å². The lowest BCUT2D eigenvalue weighted by Gasteiger charge is -2.37. The summed E-state index contributed by atoms with van der Waals surface area (Å²) in [6, 6.07) is 1.28. The standard InChI is InChI=1S/C12H29N2.C2N3/c1-6-13(7-2)11-12-14(8-3,9-4)10-5;3-1-5-2-4/h6-12H2,1-5H3;/q+1;-1. The Morgan fingerprint density at radius 2 is 1.53 bits per heavy atom. The molecule has 0 aliphatic rings. The van der Waals surface area contributed by atoms with Crippen molar-refractivity contribution < 1.29 is 4.48 Å². The number of aliphatic imine (C=N–C) groups is 1. The molecule has 0 bridgehead atoms. The van der Waals surface area contributed by atoms with E-state index in [9.17, 15) is 0 Å². The van der Waals surface area contributed by atoms with E-state index in [0.29, 0.717) is 0 Å². The number of rotatable bonds is 8. The number of likely N-dealkylation sites (N-methyl/N-ethyl adjacent to an activating group) is 2. The molecule has 0 fully saturated rings. The van der Waals surface area contributed by atoms with Crippen LogP contribution >= 0.6 is 0 Å². The van der Waals surface area contributed by atoms with Crippen molar-refractivity contribution in [3.05, 3.63) is 5.41 Å². The molecule has 110 valence electrons. The van der Waals surface area contributed by atoms with Gasteiger partial charge in [-0.2, -0.15) is 5.26 Å². The van der Waals surface area contributed by atoms with Crippen molar-refractivity contribution >= 4 is 6.01 Å². The van der Waals surface area contributed by atoms with Crippen LogP contribution in [0.15, 0.2) is 4.99 Å². The highest BCUT2D eigenvalue weighted by atomic mass is 15.4. The van der Waals surface area contributed by atoms with Crippen LogP contribution < -0.4 is 0 Å². The van der Waals surface area contributed by atoms with Crippen molar-refractivity contribution in [2.75, 3.05) is 45.8 Å². The molecular formula is C14H29N5. The fraction of sp³-hybridized carbons (Fsp3) is 0.857. The topological polar surface area (TPSA) is 61.7 Å².